The van der Waals surface area contributed by atoms with Crippen molar-refractivity contribution in [1.29, 1.82) is 0 Å². The van der Waals surface area contributed by atoms with Crippen molar-refractivity contribution in [2.24, 2.45) is 5.73 Å². The number of hydrogen-bond donors (Lipinski definition) is 1. The average Bonchev–Trinajstić information content (AvgIpc) is 2.71. The SMILES string of the molecule is NC1CCc2nnn(C3CC3)c21. The number of nitrogens with zero attached hydrogens (tertiary/aromatic N) is 3. The van der Waals surface area contributed by atoms with Crippen LogP contribution in [-0.2, 0) is 6.42 Å². The lowest BCUT2D eigenvalue weighted by molar-refractivity contribution is 0.541. The number of nitrogens with two attached hydrogens (primary N) is 1. The second-order valence-electron chi connectivity index (χ2n) is 3.74. The van der Waals surface area contributed by atoms with Gasteiger partial charge in [0.1, 0.15) is 0 Å². The highest BCUT2D eigenvalue weighted by molar-refractivity contribution is 5.21. The first-order chi connectivity index (χ1) is 5.86. The predicted octanol–water partition coefficient (Wildman–Crippen LogP) is 0.559. The van der Waals surface area contributed by atoms with Gasteiger partial charge in [-0.3, -0.25) is 0 Å². The van der Waals surface area contributed by atoms with Crippen LogP contribution in [0.5, 0.6) is 0 Å². The molecule has 0 aromatic carbocycles. The van der Waals surface area contributed by atoms with Crippen molar-refractivity contribution in [3.63, 3.8) is 0 Å². The van der Waals surface area contributed by atoms with Crippen LogP contribution < -0.4 is 5.73 Å². The Kier molecular flexibility index (Phi) is 1.14. The first-order valence-corrected chi connectivity index (χ1v) is 4.56. The summed E-state index contributed by atoms with van der Waals surface area (Å²) in [5.74, 6) is 0. The smallest absolute Gasteiger partial charge is 0.0876 e. The van der Waals surface area contributed by atoms with Crippen LogP contribution in [0.1, 0.15) is 42.7 Å². The van der Waals surface area contributed by atoms with Crippen LogP contribution in [0, 0.1) is 0 Å². The van der Waals surface area contributed by atoms with Gasteiger partial charge in [0, 0.05) is 6.04 Å². The maximum atomic E-state index is 5.96. The molecule has 0 spiro atoms. The highest BCUT2D eigenvalue weighted by Crippen LogP contribution is 2.39. The van der Waals surface area contributed by atoms with Gasteiger partial charge in [0.25, 0.3) is 0 Å². The normalized spacial score (nSPS) is 27.6. The quantitative estimate of drug-likeness (QED) is 0.659. The van der Waals surface area contributed by atoms with Gasteiger partial charge in [-0.05, 0) is 25.7 Å². The molecule has 64 valence electrons. The largest absolute Gasteiger partial charge is 0.323 e. The molecule has 1 aromatic heterocycles. The summed E-state index contributed by atoms with van der Waals surface area (Å²) in [4.78, 5) is 0. The third kappa shape index (κ3) is 0.756. The van der Waals surface area contributed by atoms with Crippen LogP contribution in [-0.4, -0.2) is 15.0 Å². The molecule has 3 rings (SSSR count). The van der Waals surface area contributed by atoms with Gasteiger partial charge in [-0.15, -0.1) is 5.10 Å². The van der Waals surface area contributed by atoms with E-state index in [-0.39, 0.29) is 6.04 Å². The van der Waals surface area contributed by atoms with E-state index in [2.05, 4.69) is 10.3 Å². The van der Waals surface area contributed by atoms with E-state index < -0.39 is 0 Å². The van der Waals surface area contributed by atoms with E-state index in [0.717, 1.165) is 18.5 Å². The van der Waals surface area contributed by atoms with Crippen molar-refractivity contribution >= 4 is 0 Å². The molecule has 1 unspecified atom stereocenters. The van der Waals surface area contributed by atoms with Crippen molar-refractivity contribution in [2.45, 2.75) is 37.8 Å². The molecule has 1 saturated carbocycles. The van der Waals surface area contributed by atoms with Crippen molar-refractivity contribution in [1.82, 2.24) is 15.0 Å². The van der Waals surface area contributed by atoms with Crippen LogP contribution in [0.2, 0.25) is 0 Å². The fraction of sp³-hybridized carbons (Fsp3) is 0.750. The van der Waals surface area contributed by atoms with Gasteiger partial charge in [0.05, 0.1) is 17.4 Å². The highest BCUT2D eigenvalue weighted by atomic mass is 15.5. The zero-order valence-corrected chi connectivity index (χ0v) is 6.90. The standard InChI is InChI=1S/C8H12N4/c9-6-3-4-7-8(6)12(11-10-7)5-1-2-5/h5-6H,1-4,9H2. The highest BCUT2D eigenvalue weighted by Gasteiger charge is 2.33. The van der Waals surface area contributed by atoms with E-state index in [4.69, 9.17) is 5.73 Å². The van der Waals surface area contributed by atoms with E-state index in [0.29, 0.717) is 6.04 Å². The summed E-state index contributed by atoms with van der Waals surface area (Å²) in [5.41, 5.74) is 8.30. The predicted molar refractivity (Wildman–Crippen MR) is 43.5 cm³/mol. The van der Waals surface area contributed by atoms with Crippen molar-refractivity contribution in [3.8, 4) is 0 Å². The molecule has 1 heterocycles. The average molecular weight is 164 g/mol. The number of fused-ring (bicyclic) bond motifs is 1. The molecule has 2 aliphatic rings. The Balaban J connectivity index is 2.09. The molecule has 2 N–H and O–H groups in total. The van der Waals surface area contributed by atoms with Crippen LogP contribution >= 0.6 is 0 Å². The summed E-state index contributed by atoms with van der Waals surface area (Å²) in [5, 5.41) is 8.28. The first-order valence-electron chi connectivity index (χ1n) is 4.56. The molecule has 4 heteroatoms. The van der Waals surface area contributed by atoms with E-state index in [9.17, 15) is 0 Å². The maximum absolute atomic E-state index is 5.96. The van der Waals surface area contributed by atoms with E-state index in [1.54, 1.807) is 0 Å². The second-order valence-corrected chi connectivity index (χ2v) is 3.74. The van der Waals surface area contributed by atoms with Gasteiger partial charge in [0.2, 0.25) is 0 Å². The molecule has 0 amide bonds. The van der Waals surface area contributed by atoms with Crippen LogP contribution in [0.25, 0.3) is 0 Å². The fourth-order valence-corrected chi connectivity index (χ4v) is 1.91. The Hall–Kier alpha value is -0.900. The summed E-state index contributed by atoms with van der Waals surface area (Å²) in [7, 11) is 0. The molecule has 1 atom stereocenters. The molecule has 1 fully saturated rings. The summed E-state index contributed by atoms with van der Waals surface area (Å²) in [6, 6.07) is 0.806. The van der Waals surface area contributed by atoms with Crippen LogP contribution in [0.4, 0.5) is 0 Å². The van der Waals surface area contributed by atoms with E-state index >= 15 is 0 Å². The van der Waals surface area contributed by atoms with Gasteiger partial charge in [0.15, 0.2) is 0 Å². The van der Waals surface area contributed by atoms with Crippen LogP contribution in [0.15, 0.2) is 0 Å². The van der Waals surface area contributed by atoms with Gasteiger partial charge in [-0.1, -0.05) is 5.21 Å². The lowest BCUT2D eigenvalue weighted by Gasteiger charge is -2.06. The number of hydrogen-bond acceptors (Lipinski definition) is 3. The number of rotatable bonds is 1. The zero-order chi connectivity index (χ0) is 8.13. The van der Waals surface area contributed by atoms with Crippen molar-refractivity contribution in [3.05, 3.63) is 11.4 Å². The molecule has 0 radical (unpaired) electrons. The topological polar surface area (TPSA) is 56.7 Å². The third-order valence-electron chi connectivity index (χ3n) is 2.74. The Morgan fingerprint density at radius 3 is 2.92 bits per heavy atom. The molecule has 2 aliphatic carbocycles. The first kappa shape index (κ1) is 6.60. The maximum Gasteiger partial charge on any atom is 0.0876 e. The van der Waals surface area contributed by atoms with Crippen molar-refractivity contribution < 1.29 is 0 Å². The molecule has 12 heavy (non-hydrogen) atoms. The third-order valence-corrected chi connectivity index (χ3v) is 2.74. The van der Waals surface area contributed by atoms with E-state index in [1.807, 2.05) is 4.68 Å². The lowest BCUT2D eigenvalue weighted by Crippen LogP contribution is -2.12. The van der Waals surface area contributed by atoms with Gasteiger partial charge < -0.3 is 5.73 Å². The Bertz CT molecular complexity index is 313. The van der Waals surface area contributed by atoms with Gasteiger partial charge in [-0.2, -0.15) is 0 Å². The summed E-state index contributed by atoms with van der Waals surface area (Å²) >= 11 is 0. The zero-order valence-electron chi connectivity index (χ0n) is 6.90. The minimum absolute atomic E-state index is 0.190. The van der Waals surface area contributed by atoms with Gasteiger partial charge in [-0.25, -0.2) is 4.68 Å². The van der Waals surface area contributed by atoms with Crippen LogP contribution in [0.3, 0.4) is 0 Å². The minimum atomic E-state index is 0.190. The summed E-state index contributed by atoms with van der Waals surface area (Å²) < 4.78 is 2.05. The fourth-order valence-electron chi connectivity index (χ4n) is 1.91. The van der Waals surface area contributed by atoms with Gasteiger partial charge >= 0.3 is 0 Å². The summed E-state index contributed by atoms with van der Waals surface area (Å²) in [6.45, 7) is 0. The molecular weight excluding hydrogens is 152 g/mol. The Morgan fingerprint density at radius 2 is 2.17 bits per heavy atom. The minimum Gasteiger partial charge on any atom is -0.323 e. The molecule has 0 bridgehead atoms. The Labute approximate surface area is 70.7 Å². The molecule has 1 aromatic rings. The number of aromatic nitrogens is 3. The number of aryl methyl sites for hydroxylation is 1. The Morgan fingerprint density at radius 1 is 1.33 bits per heavy atom. The molecule has 0 saturated heterocycles. The lowest BCUT2D eigenvalue weighted by atomic mass is 10.2. The van der Waals surface area contributed by atoms with E-state index in [1.165, 1.54) is 18.5 Å². The molecular formula is C8H12N4. The second kappa shape index (κ2) is 2.07. The monoisotopic (exact) mass is 164 g/mol. The van der Waals surface area contributed by atoms with Crippen molar-refractivity contribution in [2.75, 3.05) is 0 Å². The molecule has 0 aliphatic heterocycles. The summed E-state index contributed by atoms with van der Waals surface area (Å²) in [6.07, 6.45) is 4.57. The molecule has 4 nitrogen and oxygen atoms in total.